The molecule has 0 aliphatic carbocycles. The molecule has 0 saturated heterocycles. The van der Waals surface area contributed by atoms with Crippen molar-refractivity contribution in [3.05, 3.63) is 17.9 Å². The van der Waals surface area contributed by atoms with Gasteiger partial charge in [-0.3, -0.25) is 0 Å². The average molecular weight is 276 g/mol. The summed E-state index contributed by atoms with van der Waals surface area (Å²) >= 11 is 0.737. The predicted octanol–water partition coefficient (Wildman–Crippen LogP) is 0.0251. The highest BCUT2D eigenvalue weighted by atomic mass is 32.2. The standard InChI is InChI=1S/C6H4N4O5S2/c11-5(12)3-1-2-4(15-3)17(13,14)8-6-7-9-10-16-6/h1-2H,(H,11,12)(H,7,8,10). The molecule has 2 rings (SSSR count). The Labute approximate surface area is 98.3 Å². The van der Waals surface area contributed by atoms with Crippen molar-refractivity contribution in [3.8, 4) is 0 Å². The second kappa shape index (κ2) is 4.10. The highest BCUT2D eigenvalue weighted by Gasteiger charge is 2.22. The second-order valence-corrected chi connectivity index (χ2v) is 5.04. The zero-order valence-corrected chi connectivity index (χ0v) is 9.53. The van der Waals surface area contributed by atoms with Crippen LogP contribution in [0.2, 0.25) is 0 Å². The van der Waals surface area contributed by atoms with Gasteiger partial charge in [0.05, 0.1) is 0 Å². The van der Waals surface area contributed by atoms with Crippen LogP contribution < -0.4 is 4.72 Å². The fourth-order valence-electron chi connectivity index (χ4n) is 0.918. The summed E-state index contributed by atoms with van der Waals surface area (Å²) in [5.74, 6) is -1.83. The van der Waals surface area contributed by atoms with E-state index in [9.17, 15) is 13.2 Å². The summed E-state index contributed by atoms with van der Waals surface area (Å²) in [6, 6.07) is 2.06. The number of carbonyl (C=O) groups is 1. The van der Waals surface area contributed by atoms with Gasteiger partial charge < -0.3 is 9.52 Å². The number of nitrogens with zero attached hydrogens (tertiary/aromatic N) is 3. The van der Waals surface area contributed by atoms with Crippen LogP contribution in [-0.2, 0) is 10.0 Å². The number of hydrogen-bond acceptors (Lipinski definition) is 8. The Morgan fingerprint density at radius 1 is 1.47 bits per heavy atom. The topological polar surface area (TPSA) is 135 Å². The summed E-state index contributed by atoms with van der Waals surface area (Å²) in [4.78, 5) is 10.5. The molecule has 0 spiro atoms. The van der Waals surface area contributed by atoms with Crippen molar-refractivity contribution in [2.45, 2.75) is 5.09 Å². The molecule has 0 fully saturated rings. The molecule has 17 heavy (non-hydrogen) atoms. The van der Waals surface area contributed by atoms with Gasteiger partial charge in [0.25, 0.3) is 10.0 Å². The lowest BCUT2D eigenvalue weighted by Crippen LogP contribution is -2.12. The molecule has 2 N–H and O–H groups in total. The molecule has 0 amide bonds. The van der Waals surface area contributed by atoms with E-state index in [1.165, 1.54) is 0 Å². The Balaban J connectivity index is 2.28. The molecule has 0 aliphatic rings. The summed E-state index contributed by atoms with van der Waals surface area (Å²) in [5.41, 5.74) is 0. The van der Waals surface area contributed by atoms with Crippen LogP contribution in [-0.4, -0.2) is 34.3 Å². The molecule has 9 nitrogen and oxygen atoms in total. The van der Waals surface area contributed by atoms with Gasteiger partial charge in [-0.2, -0.15) is 8.42 Å². The first-order valence-electron chi connectivity index (χ1n) is 4.00. The molecule has 0 radical (unpaired) electrons. The molecule has 0 aromatic carbocycles. The van der Waals surface area contributed by atoms with Crippen LogP contribution in [0.15, 0.2) is 21.6 Å². The second-order valence-electron chi connectivity index (χ2n) is 2.70. The Hall–Kier alpha value is -2.01. The Kier molecular flexibility index (Phi) is 2.77. The number of nitrogens with one attached hydrogen (secondary N) is 1. The third-order valence-corrected chi connectivity index (χ3v) is 3.43. The normalized spacial score (nSPS) is 11.3. The first-order chi connectivity index (χ1) is 7.99. The Morgan fingerprint density at radius 3 is 2.76 bits per heavy atom. The van der Waals surface area contributed by atoms with E-state index >= 15 is 0 Å². The van der Waals surface area contributed by atoms with Crippen molar-refractivity contribution in [2.24, 2.45) is 0 Å². The van der Waals surface area contributed by atoms with Gasteiger partial charge in [-0.1, -0.05) is 9.59 Å². The number of sulfonamides is 1. The van der Waals surface area contributed by atoms with Crippen molar-refractivity contribution < 1.29 is 22.7 Å². The molecule has 0 unspecified atom stereocenters. The highest BCUT2D eigenvalue weighted by molar-refractivity contribution is 7.92. The van der Waals surface area contributed by atoms with Crippen molar-refractivity contribution in [1.29, 1.82) is 0 Å². The number of anilines is 1. The largest absolute Gasteiger partial charge is 0.475 e. The van der Waals surface area contributed by atoms with Gasteiger partial charge >= 0.3 is 5.97 Å². The van der Waals surface area contributed by atoms with Gasteiger partial charge in [-0.05, 0) is 17.3 Å². The van der Waals surface area contributed by atoms with Crippen molar-refractivity contribution in [1.82, 2.24) is 14.8 Å². The minimum atomic E-state index is -4.01. The van der Waals surface area contributed by atoms with Gasteiger partial charge in [0.1, 0.15) is 0 Å². The molecule has 2 aromatic rings. The van der Waals surface area contributed by atoms with Gasteiger partial charge in [-0.15, -0.1) is 0 Å². The summed E-state index contributed by atoms with van der Waals surface area (Å²) < 4.78 is 33.3. The van der Waals surface area contributed by atoms with Crippen molar-refractivity contribution in [3.63, 3.8) is 0 Å². The van der Waals surface area contributed by atoms with Gasteiger partial charge in [-0.25, -0.2) is 9.52 Å². The van der Waals surface area contributed by atoms with E-state index in [2.05, 4.69) is 19.2 Å². The van der Waals surface area contributed by atoms with Crippen LogP contribution in [0.1, 0.15) is 10.6 Å². The predicted molar refractivity (Wildman–Crippen MR) is 54.2 cm³/mol. The first kappa shape index (κ1) is 11.5. The maximum Gasteiger partial charge on any atom is 0.371 e. The van der Waals surface area contributed by atoms with Crippen molar-refractivity contribution in [2.75, 3.05) is 4.72 Å². The van der Waals surface area contributed by atoms with E-state index in [1.54, 1.807) is 0 Å². The minimum absolute atomic E-state index is 0.0433. The van der Waals surface area contributed by atoms with E-state index < -0.39 is 26.8 Å². The lowest BCUT2D eigenvalue weighted by atomic mass is 10.5. The molecule has 2 aromatic heterocycles. The number of carboxylic acid groups (broad SMARTS) is 1. The summed E-state index contributed by atoms with van der Waals surface area (Å²) in [7, 11) is -4.01. The summed E-state index contributed by atoms with van der Waals surface area (Å²) in [6.07, 6.45) is 0. The zero-order valence-electron chi connectivity index (χ0n) is 7.89. The average Bonchev–Trinajstić information content (AvgIpc) is 2.84. The molecular weight excluding hydrogens is 272 g/mol. The molecule has 0 aliphatic heterocycles. The maximum absolute atomic E-state index is 11.6. The van der Waals surface area contributed by atoms with E-state index in [0.717, 1.165) is 23.7 Å². The highest BCUT2D eigenvalue weighted by Crippen LogP contribution is 2.18. The fourth-order valence-corrected chi connectivity index (χ4v) is 2.44. The zero-order chi connectivity index (χ0) is 12.5. The molecule has 0 bridgehead atoms. The van der Waals surface area contributed by atoms with Crippen LogP contribution in [0, 0.1) is 0 Å². The van der Waals surface area contributed by atoms with E-state index in [4.69, 9.17) is 5.11 Å². The van der Waals surface area contributed by atoms with E-state index in [-0.39, 0.29) is 5.13 Å². The van der Waals surface area contributed by atoms with Crippen LogP contribution in [0.25, 0.3) is 0 Å². The molecular formula is C6H4N4O5S2. The monoisotopic (exact) mass is 276 g/mol. The lowest BCUT2D eigenvalue weighted by Gasteiger charge is -1.99. The third kappa shape index (κ3) is 2.39. The smallest absolute Gasteiger partial charge is 0.371 e. The van der Waals surface area contributed by atoms with Gasteiger partial charge in [0, 0.05) is 11.5 Å². The van der Waals surface area contributed by atoms with E-state index in [0.29, 0.717) is 0 Å². The van der Waals surface area contributed by atoms with E-state index in [1.807, 2.05) is 4.72 Å². The van der Waals surface area contributed by atoms with Crippen LogP contribution >= 0.6 is 11.5 Å². The Morgan fingerprint density at radius 2 is 2.24 bits per heavy atom. The molecule has 11 heteroatoms. The number of aromatic nitrogens is 3. The first-order valence-corrected chi connectivity index (χ1v) is 6.26. The van der Waals surface area contributed by atoms with Crippen LogP contribution in [0.3, 0.4) is 0 Å². The number of furan rings is 1. The lowest BCUT2D eigenvalue weighted by molar-refractivity contribution is 0.0656. The number of carboxylic acids is 1. The molecule has 0 atom stereocenters. The van der Waals surface area contributed by atoms with Crippen LogP contribution in [0.4, 0.5) is 5.13 Å². The number of rotatable bonds is 4. The van der Waals surface area contributed by atoms with Gasteiger partial charge in [0.2, 0.25) is 16.0 Å². The SMILES string of the molecule is O=C(O)c1ccc(S(=O)(=O)Nc2nnns2)o1. The molecule has 2 heterocycles. The number of aromatic carboxylic acids is 1. The fraction of sp³-hybridized carbons (Fsp3) is 0. The minimum Gasteiger partial charge on any atom is -0.475 e. The quantitative estimate of drug-likeness (QED) is 0.798. The van der Waals surface area contributed by atoms with Crippen LogP contribution in [0.5, 0.6) is 0 Å². The molecule has 90 valence electrons. The maximum atomic E-state index is 11.6. The Bertz CT molecular complexity index is 631. The third-order valence-electron chi connectivity index (χ3n) is 1.58. The summed E-state index contributed by atoms with van der Waals surface area (Å²) in [5, 5.41) is 14.6. The van der Waals surface area contributed by atoms with Crippen molar-refractivity contribution >= 4 is 32.7 Å². The number of hydrogen-bond donors (Lipinski definition) is 2. The summed E-state index contributed by atoms with van der Waals surface area (Å²) in [6.45, 7) is 0. The van der Waals surface area contributed by atoms with Gasteiger partial charge in [0.15, 0.2) is 0 Å². The molecule has 0 saturated carbocycles.